The van der Waals surface area contributed by atoms with E-state index in [0.29, 0.717) is 0 Å². The fraction of sp³-hybridized carbons (Fsp3) is 0.250. The van der Waals surface area contributed by atoms with Crippen molar-refractivity contribution in [3.63, 3.8) is 0 Å². The van der Waals surface area contributed by atoms with Crippen molar-refractivity contribution in [3.8, 4) is 22.3 Å². The van der Waals surface area contributed by atoms with Gasteiger partial charge < -0.3 is 9.31 Å². The SMILES string of the molecule is BrCc1ccc(-c2ccccc2)cc1.CC1(C)OB(Cc2ccc(-c3ccccc3)cc2)OC1(C)C. The van der Waals surface area contributed by atoms with Crippen LogP contribution in [-0.2, 0) is 21.0 Å². The quantitative estimate of drug-likeness (QED) is 0.186. The fourth-order valence-electron chi connectivity index (χ4n) is 4.12. The highest BCUT2D eigenvalue weighted by Crippen LogP contribution is 2.37. The highest BCUT2D eigenvalue weighted by molar-refractivity contribution is 9.08. The van der Waals surface area contributed by atoms with E-state index in [1.807, 2.05) is 12.1 Å². The van der Waals surface area contributed by atoms with Crippen LogP contribution in [0.5, 0.6) is 0 Å². The summed E-state index contributed by atoms with van der Waals surface area (Å²) in [6.07, 6.45) is 0.780. The van der Waals surface area contributed by atoms with Crippen molar-refractivity contribution in [3.05, 3.63) is 120 Å². The molecule has 36 heavy (non-hydrogen) atoms. The Morgan fingerprint density at radius 1 is 0.528 bits per heavy atom. The third-order valence-electron chi connectivity index (χ3n) is 6.98. The summed E-state index contributed by atoms with van der Waals surface area (Å²) in [6, 6.07) is 38.1. The van der Waals surface area contributed by atoms with E-state index in [-0.39, 0.29) is 18.3 Å². The van der Waals surface area contributed by atoms with E-state index in [1.54, 1.807) is 0 Å². The van der Waals surface area contributed by atoms with Gasteiger partial charge in [-0.3, -0.25) is 0 Å². The molecule has 5 rings (SSSR count). The first-order chi connectivity index (χ1) is 17.3. The molecule has 0 saturated carbocycles. The summed E-state index contributed by atoms with van der Waals surface area (Å²) in [7, 11) is -0.174. The van der Waals surface area contributed by atoms with Gasteiger partial charge in [0.05, 0.1) is 11.2 Å². The minimum atomic E-state index is -0.262. The molecule has 0 unspecified atom stereocenters. The Kier molecular flexibility index (Phi) is 8.51. The number of hydrogen-bond donors (Lipinski definition) is 0. The van der Waals surface area contributed by atoms with Gasteiger partial charge in [0, 0.05) is 11.7 Å². The number of rotatable bonds is 5. The van der Waals surface area contributed by atoms with Gasteiger partial charge in [-0.25, -0.2) is 0 Å². The summed E-state index contributed by atoms with van der Waals surface area (Å²) in [5, 5.41) is 0.919. The molecule has 1 saturated heterocycles. The molecular formula is C32H34BBrO2. The Bertz CT molecular complexity index is 1200. The van der Waals surface area contributed by atoms with Crippen LogP contribution in [-0.4, -0.2) is 18.3 Å². The molecule has 1 aliphatic rings. The fourth-order valence-corrected chi connectivity index (χ4v) is 4.50. The summed E-state index contributed by atoms with van der Waals surface area (Å²) in [5.41, 5.74) is 7.04. The molecule has 0 aromatic heterocycles. The molecule has 0 aliphatic carbocycles. The lowest BCUT2D eigenvalue weighted by Gasteiger charge is -2.32. The van der Waals surface area contributed by atoms with Crippen LogP contribution in [0.2, 0.25) is 0 Å². The molecule has 2 nitrogen and oxygen atoms in total. The highest BCUT2D eigenvalue weighted by Gasteiger charge is 2.50. The van der Waals surface area contributed by atoms with E-state index in [4.69, 9.17) is 9.31 Å². The zero-order valence-corrected chi connectivity index (χ0v) is 23.2. The predicted molar refractivity (Wildman–Crippen MR) is 156 cm³/mol. The minimum Gasteiger partial charge on any atom is -0.403 e. The third kappa shape index (κ3) is 6.56. The zero-order valence-electron chi connectivity index (χ0n) is 21.6. The average Bonchev–Trinajstić information content (AvgIpc) is 3.11. The molecular weight excluding hydrogens is 507 g/mol. The lowest BCUT2D eigenvalue weighted by Crippen LogP contribution is -2.41. The lowest BCUT2D eigenvalue weighted by atomic mass is 9.80. The largest absolute Gasteiger partial charge is 0.462 e. The maximum Gasteiger partial charge on any atom is 0.462 e. The van der Waals surface area contributed by atoms with Crippen LogP contribution in [0.1, 0.15) is 38.8 Å². The normalized spacial score (nSPS) is 15.8. The average molecular weight is 541 g/mol. The summed E-state index contributed by atoms with van der Waals surface area (Å²) in [4.78, 5) is 0. The second kappa shape index (κ2) is 11.6. The van der Waals surface area contributed by atoms with Crippen LogP contribution in [0.4, 0.5) is 0 Å². The van der Waals surface area contributed by atoms with Crippen molar-refractivity contribution >= 4 is 23.0 Å². The van der Waals surface area contributed by atoms with Gasteiger partial charge in [0.2, 0.25) is 0 Å². The molecule has 0 atom stereocenters. The van der Waals surface area contributed by atoms with Crippen LogP contribution in [0.3, 0.4) is 0 Å². The first kappa shape index (κ1) is 26.4. The maximum absolute atomic E-state index is 6.06. The first-order valence-corrected chi connectivity index (χ1v) is 13.6. The standard InChI is InChI=1S/C19H23BO2.C13H11Br/c1-18(2)19(3,4)22-20(21-18)14-15-10-12-17(13-11-15)16-8-6-5-7-9-16;14-10-11-6-8-13(9-7-11)12-4-2-1-3-5-12/h5-13H,14H2,1-4H3;1-9H,10H2. The molecule has 4 aromatic rings. The molecule has 4 heteroatoms. The second-order valence-electron chi connectivity index (χ2n) is 10.1. The molecule has 1 heterocycles. The van der Waals surface area contributed by atoms with Crippen molar-refractivity contribution in [2.75, 3.05) is 0 Å². The summed E-state index contributed by atoms with van der Waals surface area (Å²) >= 11 is 3.44. The topological polar surface area (TPSA) is 18.5 Å². The Labute approximate surface area is 225 Å². The number of benzene rings is 4. The Morgan fingerprint density at radius 2 is 0.889 bits per heavy atom. The Balaban J connectivity index is 0.000000187. The van der Waals surface area contributed by atoms with Gasteiger partial charge >= 0.3 is 7.12 Å². The highest BCUT2D eigenvalue weighted by atomic mass is 79.9. The molecule has 0 amide bonds. The van der Waals surface area contributed by atoms with Crippen molar-refractivity contribution < 1.29 is 9.31 Å². The van der Waals surface area contributed by atoms with Crippen LogP contribution < -0.4 is 0 Å². The molecule has 0 radical (unpaired) electrons. The van der Waals surface area contributed by atoms with E-state index in [0.717, 1.165) is 11.7 Å². The Hall–Kier alpha value is -2.66. The predicted octanol–water partition coefficient (Wildman–Crippen LogP) is 8.78. The van der Waals surface area contributed by atoms with E-state index < -0.39 is 0 Å². The lowest BCUT2D eigenvalue weighted by molar-refractivity contribution is 0.00578. The minimum absolute atomic E-state index is 0.174. The van der Waals surface area contributed by atoms with Gasteiger partial charge in [0.1, 0.15) is 0 Å². The second-order valence-corrected chi connectivity index (χ2v) is 10.7. The zero-order chi connectivity index (χ0) is 25.6. The van der Waals surface area contributed by atoms with E-state index >= 15 is 0 Å². The van der Waals surface area contributed by atoms with Gasteiger partial charge in [-0.15, -0.1) is 0 Å². The van der Waals surface area contributed by atoms with Gasteiger partial charge in [0.15, 0.2) is 0 Å². The smallest absolute Gasteiger partial charge is 0.403 e. The summed E-state index contributed by atoms with van der Waals surface area (Å²) in [5.74, 6) is 0. The number of alkyl halides is 1. The maximum atomic E-state index is 6.06. The van der Waals surface area contributed by atoms with E-state index in [1.165, 1.54) is 33.4 Å². The molecule has 1 aliphatic heterocycles. The van der Waals surface area contributed by atoms with Crippen molar-refractivity contribution in [1.82, 2.24) is 0 Å². The molecule has 4 aromatic carbocycles. The first-order valence-electron chi connectivity index (χ1n) is 12.5. The van der Waals surface area contributed by atoms with E-state index in [9.17, 15) is 0 Å². The monoisotopic (exact) mass is 540 g/mol. The van der Waals surface area contributed by atoms with Gasteiger partial charge in [-0.2, -0.15) is 0 Å². The van der Waals surface area contributed by atoms with Crippen LogP contribution in [0.15, 0.2) is 109 Å². The number of hydrogen-bond acceptors (Lipinski definition) is 2. The van der Waals surface area contributed by atoms with Gasteiger partial charge in [-0.1, -0.05) is 125 Å². The van der Waals surface area contributed by atoms with Gasteiger partial charge in [-0.05, 0) is 61.1 Å². The molecule has 0 N–H and O–H groups in total. The van der Waals surface area contributed by atoms with E-state index in [2.05, 4.69) is 141 Å². The molecule has 1 fully saturated rings. The summed E-state index contributed by atoms with van der Waals surface area (Å²) < 4.78 is 12.1. The van der Waals surface area contributed by atoms with Crippen molar-refractivity contribution in [2.45, 2.75) is 50.5 Å². The summed E-state index contributed by atoms with van der Waals surface area (Å²) in [6.45, 7) is 8.36. The van der Waals surface area contributed by atoms with Crippen LogP contribution in [0.25, 0.3) is 22.3 Å². The number of halogens is 1. The molecule has 0 bridgehead atoms. The van der Waals surface area contributed by atoms with Crippen molar-refractivity contribution in [1.29, 1.82) is 0 Å². The van der Waals surface area contributed by atoms with Crippen molar-refractivity contribution in [2.24, 2.45) is 0 Å². The van der Waals surface area contributed by atoms with Gasteiger partial charge in [0.25, 0.3) is 0 Å². The molecule has 0 spiro atoms. The Morgan fingerprint density at radius 3 is 1.28 bits per heavy atom. The van der Waals surface area contributed by atoms with Crippen LogP contribution >= 0.6 is 15.9 Å². The third-order valence-corrected chi connectivity index (χ3v) is 7.63. The molecule has 184 valence electrons. The van der Waals surface area contributed by atoms with Crippen LogP contribution in [0, 0.1) is 0 Å².